The van der Waals surface area contributed by atoms with E-state index in [2.05, 4.69) is 5.32 Å². The molecule has 0 radical (unpaired) electrons. The zero-order valence-corrected chi connectivity index (χ0v) is 16.5. The van der Waals surface area contributed by atoms with Crippen molar-refractivity contribution in [3.63, 3.8) is 0 Å². The molecule has 3 rings (SSSR count). The highest BCUT2D eigenvalue weighted by Gasteiger charge is 2.45. The van der Waals surface area contributed by atoms with Gasteiger partial charge in [-0.1, -0.05) is 54.6 Å². The molecule has 3 aromatic carbocycles. The van der Waals surface area contributed by atoms with E-state index in [1.54, 1.807) is 48.5 Å². The molecule has 0 aromatic heterocycles. The molecule has 0 aliphatic carbocycles. The van der Waals surface area contributed by atoms with Gasteiger partial charge in [0.2, 0.25) is 10.0 Å². The number of halogens is 3. The van der Waals surface area contributed by atoms with Gasteiger partial charge < -0.3 is 5.32 Å². The first-order valence-electron chi connectivity index (χ1n) is 8.70. The van der Waals surface area contributed by atoms with Crippen LogP contribution in [0.4, 0.5) is 24.5 Å². The summed E-state index contributed by atoms with van der Waals surface area (Å²) >= 11 is 0. The van der Waals surface area contributed by atoms with E-state index in [1.807, 2.05) is 0 Å². The maximum absolute atomic E-state index is 13.6. The van der Waals surface area contributed by atoms with Crippen molar-refractivity contribution in [2.24, 2.45) is 0 Å². The number of sulfonamides is 1. The van der Waals surface area contributed by atoms with Crippen molar-refractivity contribution in [1.29, 1.82) is 0 Å². The Kier molecular flexibility index (Phi) is 5.84. The minimum absolute atomic E-state index is 0.214. The number of nitrogens with zero attached hydrogens (tertiary/aromatic N) is 1. The van der Waals surface area contributed by atoms with Crippen LogP contribution >= 0.6 is 0 Å². The molecular weight excluding hydrogens is 417 g/mol. The first-order valence-corrected chi connectivity index (χ1v) is 10.6. The Balaban J connectivity index is 2.15. The van der Waals surface area contributed by atoms with E-state index in [1.165, 1.54) is 24.3 Å². The molecule has 0 aliphatic rings. The number of carbonyl (C=O) groups is 1. The van der Waals surface area contributed by atoms with Crippen LogP contribution in [-0.4, -0.2) is 26.9 Å². The standard InChI is InChI=1S/C21H17F3N2O3S/c1-30(28,29)26(21(22,23)24)19-13-12-17(15-8-4-2-5-9-15)14-18(19)25-20(27)16-10-6-3-7-11-16/h2-14H,1H3,(H,25,27). The van der Waals surface area contributed by atoms with Gasteiger partial charge in [0, 0.05) is 5.56 Å². The molecule has 0 atom stereocenters. The number of hydrogen-bond donors (Lipinski definition) is 1. The minimum Gasteiger partial charge on any atom is -0.320 e. The van der Waals surface area contributed by atoms with E-state index in [9.17, 15) is 26.4 Å². The molecule has 0 aliphatic heterocycles. The fraction of sp³-hybridized carbons (Fsp3) is 0.0952. The molecule has 0 saturated carbocycles. The maximum atomic E-state index is 13.6. The molecule has 5 nitrogen and oxygen atoms in total. The zero-order chi connectivity index (χ0) is 21.9. The number of benzene rings is 3. The van der Waals surface area contributed by atoms with Crippen molar-refractivity contribution in [2.75, 3.05) is 15.9 Å². The molecule has 0 heterocycles. The second-order valence-electron chi connectivity index (χ2n) is 6.41. The van der Waals surface area contributed by atoms with Crippen LogP contribution in [-0.2, 0) is 10.0 Å². The normalized spacial score (nSPS) is 11.7. The number of rotatable bonds is 5. The number of anilines is 2. The van der Waals surface area contributed by atoms with E-state index < -0.39 is 32.2 Å². The van der Waals surface area contributed by atoms with E-state index in [0.717, 1.165) is 6.07 Å². The van der Waals surface area contributed by atoms with Gasteiger partial charge in [-0.25, -0.2) is 8.42 Å². The third-order valence-electron chi connectivity index (χ3n) is 4.17. The number of amides is 1. The highest BCUT2D eigenvalue weighted by atomic mass is 32.2. The average molecular weight is 434 g/mol. The molecule has 1 amide bonds. The van der Waals surface area contributed by atoms with Crippen molar-refractivity contribution < 1.29 is 26.4 Å². The summed E-state index contributed by atoms with van der Waals surface area (Å²) in [6.45, 7) is 0. The number of carbonyl (C=O) groups excluding carboxylic acids is 1. The van der Waals surface area contributed by atoms with E-state index in [-0.39, 0.29) is 11.3 Å². The van der Waals surface area contributed by atoms with Crippen molar-refractivity contribution in [2.45, 2.75) is 6.30 Å². The van der Waals surface area contributed by atoms with Crippen molar-refractivity contribution in [3.05, 3.63) is 84.4 Å². The van der Waals surface area contributed by atoms with Crippen LogP contribution in [0.2, 0.25) is 0 Å². The quantitative estimate of drug-likeness (QED) is 0.582. The lowest BCUT2D eigenvalue weighted by molar-refractivity contribution is -0.115. The predicted octanol–water partition coefficient (Wildman–Crippen LogP) is 4.89. The predicted molar refractivity (Wildman–Crippen MR) is 110 cm³/mol. The van der Waals surface area contributed by atoms with Gasteiger partial charge in [-0.3, -0.25) is 4.79 Å². The molecular formula is C21H17F3N2O3S. The lowest BCUT2D eigenvalue weighted by Gasteiger charge is -2.27. The van der Waals surface area contributed by atoms with Gasteiger partial charge in [-0.15, -0.1) is 13.2 Å². The molecule has 0 unspecified atom stereocenters. The van der Waals surface area contributed by atoms with Gasteiger partial charge in [0.15, 0.2) is 0 Å². The van der Waals surface area contributed by atoms with Crippen molar-refractivity contribution in [3.8, 4) is 11.1 Å². The molecule has 30 heavy (non-hydrogen) atoms. The van der Waals surface area contributed by atoms with Crippen molar-refractivity contribution >= 4 is 27.3 Å². The Morgan fingerprint density at radius 1 is 0.867 bits per heavy atom. The third kappa shape index (κ3) is 4.80. The summed E-state index contributed by atoms with van der Waals surface area (Å²) in [7, 11) is -4.72. The van der Waals surface area contributed by atoms with Crippen LogP contribution in [0.5, 0.6) is 0 Å². The lowest BCUT2D eigenvalue weighted by Crippen LogP contribution is -2.42. The van der Waals surface area contributed by atoms with Gasteiger partial charge in [0.05, 0.1) is 17.6 Å². The largest absolute Gasteiger partial charge is 0.498 e. The van der Waals surface area contributed by atoms with Gasteiger partial charge >= 0.3 is 6.30 Å². The summed E-state index contributed by atoms with van der Waals surface area (Å²) < 4.78 is 64.0. The Morgan fingerprint density at radius 3 is 1.97 bits per heavy atom. The first kappa shape index (κ1) is 21.4. The summed E-state index contributed by atoms with van der Waals surface area (Å²) in [5.74, 6) is -0.669. The zero-order valence-electron chi connectivity index (χ0n) is 15.7. The Morgan fingerprint density at radius 2 is 1.43 bits per heavy atom. The monoisotopic (exact) mass is 434 g/mol. The summed E-state index contributed by atoms with van der Waals surface area (Å²) in [6.07, 6.45) is -4.76. The molecule has 0 bridgehead atoms. The Labute approximate surface area is 171 Å². The fourth-order valence-electron chi connectivity index (χ4n) is 2.91. The summed E-state index contributed by atoms with van der Waals surface area (Å²) in [4.78, 5) is 12.6. The number of hydrogen-bond acceptors (Lipinski definition) is 3. The Bertz CT molecular complexity index is 1150. The van der Waals surface area contributed by atoms with E-state index in [4.69, 9.17) is 0 Å². The second-order valence-corrected chi connectivity index (χ2v) is 8.24. The van der Waals surface area contributed by atoms with Crippen LogP contribution in [0.3, 0.4) is 0 Å². The van der Waals surface area contributed by atoms with Crippen molar-refractivity contribution in [1.82, 2.24) is 0 Å². The topological polar surface area (TPSA) is 66.5 Å². The van der Waals surface area contributed by atoms with Crippen LogP contribution in [0.25, 0.3) is 11.1 Å². The molecule has 9 heteroatoms. The smallest absolute Gasteiger partial charge is 0.320 e. The summed E-state index contributed by atoms with van der Waals surface area (Å²) in [5, 5.41) is 2.42. The second kappa shape index (κ2) is 8.19. The molecule has 0 spiro atoms. The van der Waals surface area contributed by atoms with E-state index in [0.29, 0.717) is 17.4 Å². The van der Waals surface area contributed by atoms with E-state index >= 15 is 0 Å². The molecule has 3 aromatic rings. The molecule has 156 valence electrons. The van der Waals surface area contributed by atoms with Gasteiger partial charge in [-0.05, 0) is 35.4 Å². The molecule has 1 N–H and O–H groups in total. The third-order valence-corrected chi connectivity index (χ3v) is 5.24. The van der Waals surface area contributed by atoms with Gasteiger partial charge in [0.25, 0.3) is 5.91 Å². The fourth-order valence-corrected chi connectivity index (χ4v) is 3.80. The highest BCUT2D eigenvalue weighted by molar-refractivity contribution is 7.92. The molecule has 0 saturated heterocycles. The minimum atomic E-state index is -5.21. The number of nitrogens with one attached hydrogen (secondary N) is 1. The van der Waals surface area contributed by atoms with Crippen LogP contribution in [0, 0.1) is 0 Å². The van der Waals surface area contributed by atoms with Gasteiger partial charge in [-0.2, -0.15) is 4.31 Å². The van der Waals surface area contributed by atoms with Crippen LogP contribution < -0.4 is 9.62 Å². The first-order chi connectivity index (χ1) is 14.1. The molecule has 0 fully saturated rings. The van der Waals surface area contributed by atoms with Crippen LogP contribution in [0.15, 0.2) is 78.9 Å². The maximum Gasteiger partial charge on any atom is 0.498 e. The SMILES string of the molecule is CS(=O)(=O)N(c1ccc(-c2ccccc2)cc1NC(=O)c1ccccc1)C(F)(F)F. The average Bonchev–Trinajstić information content (AvgIpc) is 2.68. The lowest BCUT2D eigenvalue weighted by atomic mass is 10.0. The number of alkyl halides is 3. The Hall–Kier alpha value is -3.33. The van der Waals surface area contributed by atoms with Gasteiger partial charge in [0.1, 0.15) is 0 Å². The van der Waals surface area contributed by atoms with Crippen LogP contribution in [0.1, 0.15) is 10.4 Å². The summed E-state index contributed by atoms with van der Waals surface area (Å²) in [6, 6.07) is 20.4. The highest BCUT2D eigenvalue weighted by Crippen LogP contribution is 2.38. The summed E-state index contributed by atoms with van der Waals surface area (Å²) in [5.41, 5.74) is 0.434.